The predicted molar refractivity (Wildman–Crippen MR) is 64.4 cm³/mol. The third-order valence-corrected chi connectivity index (χ3v) is 2.60. The lowest BCUT2D eigenvalue weighted by atomic mass is 10.5. The largest absolute Gasteiger partial charge is 0.368 e. The highest BCUT2D eigenvalue weighted by Gasteiger charge is 2.22. The molecule has 1 fully saturated rings. The van der Waals surface area contributed by atoms with Crippen LogP contribution in [-0.4, -0.2) is 34.1 Å². The van der Waals surface area contributed by atoms with Gasteiger partial charge in [0.1, 0.15) is 0 Å². The second-order valence-corrected chi connectivity index (χ2v) is 3.91. The zero-order chi connectivity index (χ0) is 11.5. The summed E-state index contributed by atoms with van der Waals surface area (Å²) in [6, 6.07) is 0.520. The summed E-state index contributed by atoms with van der Waals surface area (Å²) >= 11 is 0. The van der Waals surface area contributed by atoms with Gasteiger partial charge in [-0.15, -0.1) is 0 Å². The van der Waals surface area contributed by atoms with E-state index in [0.29, 0.717) is 17.9 Å². The molecule has 88 valence electrons. The Hall–Kier alpha value is -1.59. The van der Waals surface area contributed by atoms with Crippen LogP contribution in [-0.2, 0) is 0 Å². The van der Waals surface area contributed by atoms with Gasteiger partial charge in [0.05, 0.1) is 0 Å². The minimum Gasteiger partial charge on any atom is -0.368 e. The van der Waals surface area contributed by atoms with Crippen LogP contribution in [0.15, 0.2) is 0 Å². The van der Waals surface area contributed by atoms with Gasteiger partial charge in [-0.25, -0.2) is 0 Å². The van der Waals surface area contributed by atoms with Crippen LogP contribution in [0.3, 0.4) is 0 Å². The molecule has 0 saturated heterocycles. The van der Waals surface area contributed by atoms with Crippen LogP contribution in [0.4, 0.5) is 17.8 Å². The Morgan fingerprint density at radius 2 is 1.94 bits per heavy atom. The van der Waals surface area contributed by atoms with Crippen LogP contribution >= 0.6 is 0 Å². The van der Waals surface area contributed by atoms with E-state index in [1.807, 2.05) is 0 Å². The second kappa shape index (κ2) is 4.51. The van der Waals surface area contributed by atoms with Gasteiger partial charge in [0, 0.05) is 19.1 Å². The minimum absolute atomic E-state index is 0.278. The fraction of sp³-hybridized carbons (Fsp3) is 0.700. The highest BCUT2D eigenvalue weighted by atomic mass is 15.3. The molecule has 2 rings (SSSR count). The van der Waals surface area contributed by atoms with Crippen molar-refractivity contribution in [2.75, 3.05) is 29.0 Å². The molecule has 0 amide bonds. The summed E-state index contributed by atoms with van der Waals surface area (Å²) in [4.78, 5) is 14.6. The zero-order valence-corrected chi connectivity index (χ0v) is 9.77. The molecule has 0 aromatic carbocycles. The fourth-order valence-corrected chi connectivity index (χ4v) is 1.50. The second-order valence-electron chi connectivity index (χ2n) is 3.91. The average molecular weight is 222 g/mol. The van der Waals surface area contributed by atoms with Crippen molar-refractivity contribution in [2.24, 2.45) is 0 Å². The lowest BCUT2D eigenvalue weighted by Crippen LogP contribution is -2.25. The summed E-state index contributed by atoms with van der Waals surface area (Å²) in [6.07, 6.45) is 2.37. The Kier molecular flexibility index (Phi) is 3.07. The number of hydrogen-bond donors (Lipinski definition) is 2. The van der Waals surface area contributed by atoms with E-state index in [9.17, 15) is 0 Å². The topological polar surface area (TPSA) is 80.0 Å². The first kappa shape index (κ1) is 10.9. The first-order valence-electron chi connectivity index (χ1n) is 5.76. The highest BCUT2D eigenvalue weighted by Crippen LogP contribution is 2.23. The number of hydrogen-bond acceptors (Lipinski definition) is 6. The number of rotatable bonds is 5. The molecule has 3 N–H and O–H groups in total. The summed E-state index contributed by atoms with van der Waals surface area (Å²) in [7, 11) is 0. The number of anilines is 3. The van der Waals surface area contributed by atoms with Crippen molar-refractivity contribution in [1.82, 2.24) is 15.0 Å². The Bertz CT molecular complexity index is 358. The lowest BCUT2D eigenvalue weighted by Gasteiger charge is -2.18. The van der Waals surface area contributed by atoms with Crippen molar-refractivity contribution in [3.8, 4) is 0 Å². The van der Waals surface area contributed by atoms with Crippen molar-refractivity contribution in [3.05, 3.63) is 0 Å². The average Bonchev–Trinajstić information content (AvgIpc) is 3.03. The van der Waals surface area contributed by atoms with Gasteiger partial charge >= 0.3 is 0 Å². The number of nitrogen functional groups attached to an aromatic ring is 1. The third kappa shape index (κ3) is 2.50. The maximum absolute atomic E-state index is 5.67. The molecule has 6 nitrogen and oxygen atoms in total. The number of aromatic nitrogens is 3. The van der Waals surface area contributed by atoms with Gasteiger partial charge < -0.3 is 16.0 Å². The van der Waals surface area contributed by atoms with Crippen molar-refractivity contribution in [2.45, 2.75) is 32.7 Å². The van der Waals surface area contributed by atoms with Gasteiger partial charge in [0.2, 0.25) is 17.8 Å². The van der Waals surface area contributed by atoms with Crippen LogP contribution in [0.5, 0.6) is 0 Å². The summed E-state index contributed by atoms with van der Waals surface area (Å²) in [5.74, 6) is 1.53. The Balaban J connectivity index is 2.19. The third-order valence-electron chi connectivity index (χ3n) is 2.60. The SMILES string of the molecule is CCN(CC)c1nc(N)nc(NC2CC2)n1. The Morgan fingerprint density at radius 1 is 1.25 bits per heavy atom. The zero-order valence-electron chi connectivity index (χ0n) is 9.77. The highest BCUT2D eigenvalue weighted by molar-refractivity contribution is 5.42. The van der Waals surface area contributed by atoms with E-state index >= 15 is 0 Å². The molecule has 0 radical (unpaired) electrons. The first-order valence-corrected chi connectivity index (χ1v) is 5.76. The number of nitrogens with one attached hydrogen (secondary N) is 1. The Morgan fingerprint density at radius 3 is 2.50 bits per heavy atom. The summed E-state index contributed by atoms with van der Waals surface area (Å²) in [5.41, 5.74) is 5.67. The van der Waals surface area contributed by atoms with E-state index in [1.54, 1.807) is 0 Å². The summed E-state index contributed by atoms with van der Waals surface area (Å²) in [5, 5.41) is 3.23. The van der Waals surface area contributed by atoms with Crippen molar-refractivity contribution < 1.29 is 0 Å². The molecule has 0 unspecified atom stereocenters. The molecule has 16 heavy (non-hydrogen) atoms. The van der Waals surface area contributed by atoms with E-state index in [4.69, 9.17) is 5.73 Å². The maximum Gasteiger partial charge on any atom is 0.231 e. The maximum atomic E-state index is 5.67. The molecule has 1 aromatic rings. The van der Waals surface area contributed by atoms with Gasteiger partial charge in [-0.2, -0.15) is 15.0 Å². The van der Waals surface area contributed by atoms with Gasteiger partial charge in [0.15, 0.2) is 0 Å². The van der Waals surface area contributed by atoms with Crippen LogP contribution in [0.25, 0.3) is 0 Å². The van der Waals surface area contributed by atoms with Gasteiger partial charge in [-0.05, 0) is 26.7 Å². The standard InChI is InChI=1S/C10H18N6/c1-3-16(4-2)10-14-8(11)13-9(15-10)12-7-5-6-7/h7H,3-6H2,1-2H3,(H3,11,12,13,14,15). The van der Waals surface area contributed by atoms with Crippen LogP contribution < -0.4 is 16.0 Å². The van der Waals surface area contributed by atoms with Gasteiger partial charge in [-0.3, -0.25) is 0 Å². The molecule has 1 aliphatic carbocycles. The molecule has 0 spiro atoms. The van der Waals surface area contributed by atoms with E-state index in [-0.39, 0.29) is 5.95 Å². The smallest absolute Gasteiger partial charge is 0.231 e. The van der Waals surface area contributed by atoms with Crippen molar-refractivity contribution >= 4 is 17.8 Å². The molecule has 1 heterocycles. The first-order chi connectivity index (χ1) is 7.72. The molecule has 1 saturated carbocycles. The van der Waals surface area contributed by atoms with Crippen LogP contribution in [0.1, 0.15) is 26.7 Å². The molecule has 0 atom stereocenters. The molecular formula is C10H18N6. The van der Waals surface area contributed by atoms with Gasteiger partial charge in [0.25, 0.3) is 0 Å². The fourth-order valence-electron chi connectivity index (χ4n) is 1.50. The Labute approximate surface area is 95.3 Å². The normalized spacial score (nSPS) is 14.9. The lowest BCUT2D eigenvalue weighted by molar-refractivity contribution is 0.814. The van der Waals surface area contributed by atoms with E-state index in [0.717, 1.165) is 13.1 Å². The summed E-state index contributed by atoms with van der Waals surface area (Å²) < 4.78 is 0. The van der Waals surface area contributed by atoms with E-state index in [2.05, 4.69) is 39.0 Å². The van der Waals surface area contributed by atoms with E-state index in [1.165, 1.54) is 12.8 Å². The van der Waals surface area contributed by atoms with Crippen LogP contribution in [0, 0.1) is 0 Å². The van der Waals surface area contributed by atoms with Crippen LogP contribution in [0.2, 0.25) is 0 Å². The molecular weight excluding hydrogens is 204 g/mol. The molecule has 1 aliphatic rings. The number of nitrogens with two attached hydrogens (primary N) is 1. The van der Waals surface area contributed by atoms with Crippen molar-refractivity contribution in [3.63, 3.8) is 0 Å². The quantitative estimate of drug-likeness (QED) is 0.769. The minimum atomic E-state index is 0.278. The number of nitrogens with zero attached hydrogens (tertiary/aromatic N) is 4. The summed E-state index contributed by atoms with van der Waals surface area (Å²) in [6.45, 7) is 5.86. The monoisotopic (exact) mass is 222 g/mol. The predicted octanol–water partition coefficient (Wildman–Crippen LogP) is 0.874. The molecule has 0 aliphatic heterocycles. The molecule has 1 aromatic heterocycles. The van der Waals surface area contributed by atoms with Gasteiger partial charge in [-0.1, -0.05) is 0 Å². The van der Waals surface area contributed by atoms with E-state index < -0.39 is 0 Å². The molecule has 6 heteroatoms. The molecule has 0 bridgehead atoms. The van der Waals surface area contributed by atoms with Crippen molar-refractivity contribution in [1.29, 1.82) is 0 Å².